The number of carbonyl (C=O) groups is 3. The largest absolute Gasteiger partial charge is 0.475 e. The minimum absolute atomic E-state index is 0.383. The summed E-state index contributed by atoms with van der Waals surface area (Å²) in [5, 5.41) is 8.92. The van der Waals surface area contributed by atoms with E-state index in [-0.39, 0.29) is 5.78 Å². The first kappa shape index (κ1) is 13.8. The Morgan fingerprint density at radius 2 is 2.00 bits per heavy atom. The molecule has 1 N–H and O–H groups in total. The van der Waals surface area contributed by atoms with Gasteiger partial charge in [-0.3, -0.25) is 9.59 Å². The maximum Gasteiger partial charge on any atom is 0.373 e. The monoisotopic (exact) mass is 278 g/mol. The van der Waals surface area contributed by atoms with Crippen LogP contribution in [0.15, 0.2) is 29.2 Å². The molecule has 2 rings (SSSR count). The van der Waals surface area contributed by atoms with Crippen LogP contribution in [0.5, 0.6) is 0 Å². The zero-order valence-electron chi connectivity index (χ0n) is 10.7. The van der Waals surface area contributed by atoms with Gasteiger partial charge in [0, 0.05) is 15.2 Å². The third-order valence-corrected chi connectivity index (χ3v) is 5.11. The molecule has 100 valence electrons. The third kappa shape index (κ3) is 2.18. The number of rotatable bonds is 3. The van der Waals surface area contributed by atoms with Gasteiger partial charge in [-0.25, -0.2) is 4.79 Å². The van der Waals surface area contributed by atoms with Crippen LogP contribution >= 0.6 is 11.8 Å². The number of benzene rings is 1. The number of carboxylic acids is 1. The second kappa shape index (κ2) is 4.81. The lowest BCUT2D eigenvalue weighted by Crippen LogP contribution is -2.47. The van der Waals surface area contributed by atoms with Gasteiger partial charge in [0.15, 0.2) is 5.78 Å². The van der Waals surface area contributed by atoms with Crippen molar-refractivity contribution in [2.75, 3.05) is 0 Å². The second-order valence-corrected chi connectivity index (χ2v) is 6.31. The van der Waals surface area contributed by atoms with E-state index < -0.39 is 22.4 Å². The van der Waals surface area contributed by atoms with E-state index in [2.05, 4.69) is 0 Å². The number of fused-ring (bicyclic) bond motifs is 1. The summed E-state index contributed by atoms with van der Waals surface area (Å²) in [6.07, 6.45) is 0.543. The summed E-state index contributed by atoms with van der Waals surface area (Å²) in [5.41, 5.74) is 0.443. The van der Waals surface area contributed by atoms with Gasteiger partial charge in [0.25, 0.3) is 5.78 Å². The van der Waals surface area contributed by atoms with Gasteiger partial charge < -0.3 is 5.11 Å². The Labute approximate surface area is 115 Å². The number of Topliss-reactive ketones (excluding diaryl/α,β-unsaturated/α-hetero) is 2. The van der Waals surface area contributed by atoms with Crippen molar-refractivity contribution in [2.24, 2.45) is 5.92 Å². The number of thioether (sulfide) groups is 1. The third-order valence-electron chi connectivity index (χ3n) is 3.54. The molecule has 1 aliphatic heterocycles. The van der Waals surface area contributed by atoms with E-state index in [1.165, 1.54) is 11.8 Å². The molecule has 0 amide bonds. The van der Waals surface area contributed by atoms with Gasteiger partial charge in [0.2, 0.25) is 0 Å². The summed E-state index contributed by atoms with van der Waals surface area (Å²) in [6, 6.07) is 7.01. The normalized spacial score (nSPS) is 25.8. The van der Waals surface area contributed by atoms with Crippen molar-refractivity contribution in [3.63, 3.8) is 0 Å². The average Bonchev–Trinajstić information content (AvgIpc) is 2.38. The summed E-state index contributed by atoms with van der Waals surface area (Å²) in [5.74, 6) is -4.06. The molecule has 1 aromatic rings. The highest BCUT2D eigenvalue weighted by molar-refractivity contribution is 8.01. The maximum absolute atomic E-state index is 12.4. The van der Waals surface area contributed by atoms with E-state index in [9.17, 15) is 14.4 Å². The smallest absolute Gasteiger partial charge is 0.373 e. The molecule has 1 aliphatic rings. The van der Waals surface area contributed by atoms with Gasteiger partial charge in [-0.15, -0.1) is 11.8 Å². The summed E-state index contributed by atoms with van der Waals surface area (Å²) < 4.78 is -0.707. The predicted molar refractivity (Wildman–Crippen MR) is 71.5 cm³/mol. The minimum atomic E-state index is -1.54. The lowest BCUT2D eigenvalue weighted by molar-refractivity contribution is -0.150. The number of hydrogen-bond acceptors (Lipinski definition) is 4. The summed E-state index contributed by atoms with van der Waals surface area (Å²) in [7, 11) is 0. The molecule has 0 saturated carbocycles. The van der Waals surface area contributed by atoms with Crippen LogP contribution in [0, 0.1) is 5.92 Å². The molecule has 0 spiro atoms. The highest BCUT2D eigenvalue weighted by Gasteiger charge is 2.49. The van der Waals surface area contributed by atoms with Gasteiger partial charge >= 0.3 is 5.97 Å². The molecule has 0 aromatic heterocycles. The molecule has 1 heterocycles. The number of carboxylic acid groups (broad SMARTS) is 1. The molecule has 5 heteroatoms. The Balaban J connectivity index is 2.56. The van der Waals surface area contributed by atoms with Crippen LogP contribution in [0.2, 0.25) is 0 Å². The standard InChI is InChI=1S/C14H14O4S/c1-3-14(2)10(12(16)13(17)18)11(15)8-6-4-5-7-9(8)19-14/h4-7,10H,3H2,1-2H3,(H,17,18). The lowest BCUT2D eigenvalue weighted by Gasteiger charge is -2.38. The molecule has 0 saturated heterocycles. The van der Waals surface area contributed by atoms with E-state index >= 15 is 0 Å². The number of ketones is 2. The first-order valence-electron chi connectivity index (χ1n) is 6.00. The molecule has 2 unspecified atom stereocenters. The summed E-state index contributed by atoms with van der Waals surface area (Å²) in [4.78, 5) is 36.1. The molecule has 19 heavy (non-hydrogen) atoms. The first-order chi connectivity index (χ1) is 8.90. The lowest BCUT2D eigenvalue weighted by atomic mass is 9.80. The topological polar surface area (TPSA) is 71.4 Å². The van der Waals surface area contributed by atoms with Crippen molar-refractivity contribution < 1.29 is 19.5 Å². The van der Waals surface area contributed by atoms with Crippen LogP contribution in [0.3, 0.4) is 0 Å². The van der Waals surface area contributed by atoms with E-state index in [0.29, 0.717) is 12.0 Å². The molecule has 1 aromatic carbocycles. The van der Waals surface area contributed by atoms with Crippen LogP contribution in [-0.2, 0) is 9.59 Å². The SMILES string of the molecule is CCC1(C)Sc2ccccc2C(=O)C1C(=O)C(=O)O. The fourth-order valence-corrected chi connectivity index (χ4v) is 3.70. The molecule has 2 atom stereocenters. The van der Waals surface area contributed by atoms with E-state index in [1.54, 1.807) is 19.1 Å². The maximum atomic E-state index is 12.4. The van der Waals surface area contributed by atoms with Gasteiger partial charge in [-0.05, 0) is 19.4 Å². The van der Waals surface area contributed by atoms with Crippen molar-refractivity contribution in [3.8, 4) is 0 Å². The van der Waals surface area contributed by atoms with Crippen LogP contribution in [0.4, 0.5) is 0 Å². The van der Waals surface area contributed by atoms with Gasteiger partial charge in [-0.1, -0.05) is 25.1 Å². The van der Waals surface area contributed by atoms with E-state index in [1.807, 2.05) is 19.1 Å². The van der Waals surface area contributed by atoms with Crippen LogP contribution < -0.4 is 0 Å². The highest BCUT2D eigenvalue weighted by Crippen LogP contribution is 2.48. The van der Waals surface area contributed by atoms with Crippen molar-refractivity contribution in [1.82, 2.24) is 0 Å². The molecule has 4 nitrogen and oxygen atoms in total. The Morgan fingerprint density at radius 3 is 2.58 bits per heavy atom. The van der Waals surface area contributed by atoms with Crippen molar-refractivity contribution in [3.05, 3.63) is 29.8 Å². The molecular weight excluding hydrogens is 264 g/mol. The minimum Gasteiger partial charge on any atom is -0.475 e. The number of carbonyl (C=O) groups excluding carboxylic acids is 2. The second-order valence-electron chi connectivity index (χ2n) is 4.73. The molecule has 0 bridgehead atoms. The van der Waals surface area contributed by atoms with Crippen molar-refractivity contribution in [2.45, 2.75) is 29.9 Å². The van der Waals surface area contributed by atoms with Crippen molar-refractivity contribution in [1.29, 1.82) is 0 Å². The van der Waals surface area contributed by atoms with E-state index in [4.69, 9.17) is 5.11 Å². The summed E-state index contributed by atoms with van der Waals surface area (Å²) >= 11 is 1.41. The predicted octanol–water partition coefficient (Wildman–Crippen LogP) is 2.41. The number of aliphatic carboxylic acids is 1. The molecule has 0 fully saturated rings. The highest BCUT2D eigenvalue weighted by atomic mass is 32.2. The van der Waals surface area contributed by atoms with Crippen LogP contribution in [0.1, 0.15) is 30.6 Å². The zero-order chi connectivity index (χ0) is 14.2. The summed E-state index contributed by atoms with van der Waals surface area (Å²) in [6.45, 7) is 3.63. The Kier molecular flexibility index (Phi) is 3.49. The fraction of sp³-hybridized carbons (Fsp3) is 0.357. The van der Waals surface area contributed by atoms with Crippen molar-refractivity contribution >= 4 is 29.3 Å². The average molecular weight is 278 g/mol. The fourth-order valence-electron chi connectivity index (χ4n) is 2.30. The van der Waals surface area contributed by atoms with Crippen LogP contribution in [-0.4, -0.2) is 27.4 Å². The van der Waals surface area contributed by atoms with Crippen LogP contribution in [0.25, 0.3) is 0 Å². The quantitative estimate of drug-likeness (QED) is 0.679. The Hall–Kier alpha value is -1.62. The number of hydrogen-bond donors (Lipinski definition) is 1. The Morgan fingerprint density at radius 1 is 1.37 bits per heavy atom. The zero-order valence-corrected chi connectivity index (χ0v) is 11.5. The molecular formula is C14H14O4S. The molecule has 0 aliphatic carbocycles. The van der Waals surface area contributed by atoms with Gasteiger partial charge in [0.05, 0.1) is 0 Å². The van der Waals surface area contributed by atoms with E-state index in [0.717, 1.165) is 4.90 Å². The first-order valence-corrected chi connectivity index (χ1v) is 6.81. The van der Waals surface area contributed by atoms with Gasteiger partial charge in [0.1, 0.15) is 5.92 Å². The molecule has 0 radical (unpaired) electrons. The van der Waals surface area contributed by atoms with Gasteiger partial charge in [-0.2, -0.15) is 0 Å². The Bertz CT molecular complexity index is 566.